The van der Waals surface area contributed by atoms with E-state index in [4.69, 9.17) is 5.11 Å². The van der Waals surface area contributed by atoms with Gasteiger partial charge in [-0.2, -0.15) is 0 Å². The molecule has 5 nitrogen and oxygen atoms in total. The largest absolute Gasteiger partial charge is 0.491 e. The summed E-state index contributed by atoms with van der Waals surface area (Å²) in [6.07, 6.45) is -2.22. The lowest BCUT2D eigenvalue weighted by Gasteiger charge is -2.07. The highest BCUT2D eigenvalue weighted by molar-refractivity contribution is 5.87. The van der Waals surface area contributed by atoms with E-state index in [-0.39, 0.29) is 0 Å². The van der Waals surface area contributed by atoms with E-state index in [9.17, 15) is 18.4 Å². The molecule has 1 rings (SSSR count). The lowest BCUT2D eigenvalue weighted by molar-refractivity contribution is 0.0693. The molecule has 82 valence electrons. The van der Waals surface area contributed by atoms with Crippen molar-refractivity contribution in [3.8, 4) is 5.75 Å². The Morgan fingerprint density at radius 3 is 2.60 bits per heavy atom. The van der Waals surface area contributed by atoms with Crippen LogP contribution in [0.4, 0.5) is 8.78 Å². The Labute approximate surface area is 82.3 Å². The average Bonchev–Trinajstić information content (AvgIpc) is 2.16. The van der Waals surface area contributed by atoms with Crippen molar-refractivity contribution in [1.29, 1.82) is 0 Å². The Balaban J connectivity index is 3.46. The molecule has 0 atom stereocenters. The highest BCUT2D eigenvalue weighted by atomic mass is 19.3. The molecular formula is C8H7F2NO4. The van der Waals surface area contributed by atoms with E-state index in [2.05, 4.69) is 4.74 Å². The Bertz CT molecular complexity index is 441. The molecule has 0 aliphatic rings. The molecule has 1 aromatic heterocycles. The van der Waals surface area contributed by atoms with Crippen LogP contribution < -0.4 is 10.2 Å². The summed E-state index contributed by atoms with van der Waals surface area (Å²) >= 11 is 0. The van der Waals surface area contributed by atoms with Crippen LogP contribution in [0.1, 0.15) is 22.5 Å². The number of alkyl halides is 2. The van der Waals surface area contributed by atoms with Gasteiger partial charge in [-0.05, 0) is 0 Å². The molecule has 0 saturated heterocycles. The minimum absolute atomic E-state index is 0.642. The summed E-state index contributed by atoms with van der Waals surface area (Å²) in [6.45, 7) is 0. The number of pyridine rings is 1. The van der Waals surface area contributed by atoms with Crippen molar-refractivity contribution in [2.45, 2.75) is 6.43 Å². The van der Waals surface area contributed by atoms with Gasteiger partial charge in [0.05, 0.1) is 7.11 Å². The molecule has 0 spiro atoms. The maximum Gasteiger partial charge on any atom is 0.341 e. The molecule has 0 amide bonds. The number of carboxylic acids is 1. The predicted molar refractivity (Wildman–Crippen MR) is 45.5 cm³/mol. The smallest absolute Gasteiger partial charge is 0.341 e. The highest BCUT2D eigenvalue weighted by Gasteiger charge is 2.21. The quantitative estimate of drug-likeness (QED) is 0.795. The van der Waals surface area contributed by atoms with Crippen LogP contribution in [-0.4, -0.2) is 23.2 Å². The molecule has 1 heterocycles. The summed E-state index contributed by atoms with van der Waals surface area (Å²) in [6, 6.07) is 0. The third-order valence-corrected chi connectivity index (χ3v) is 1.72. The molecule has 0 fully saturated rings. The van der Waals surface area contributed by atoms with Crippen LogP contribution in [0.15, 0.2) is 11.0 Å². The van der Waals surface area contributed by atoms with Crippen molar-refractivity contribution in [2.75, 3.05) is 7.11 Å². The van der Waals surface area contributed by atoms with E-state index in [0.717, 1.165) is 7.11 Å². The predicted octanol–water partition coefficient (Wildman–Crippen LogP) is 1.02. The summed E-state index contributed by atoms with van der Waals surface area (Å²) in [5.41, 5.74) is -2.44. The van der Waals surface area contributed by atoms with Crippen LogP contribution in [0.2, 0.25) is 0 Å². The van der Waals surface area contributed by atoms with E-state index in [1.54, 1.807) is 0 Å². The number of carbonyl (C=O) groups is 1. The van der Waals surface area contributed by atoms with Crippen LogP contribution in [-0.2, 0) is 0 Å². The van der Waals surface area contributed by atoms with Crippen LogP contribution >= 0.6 is 0 Å². The first-order chi connectivity index (χ1) is 6.99. The summed E-state index contributed by atoms with van der Waals surface area (Å²) in [5.74, 6) is -2.18. The molecule has 0 aliphatic carbocycles. The number of carboxylic acid groups (broad SMARTS) is 1. The second-order valence-corrected chi connectivity index (χ2v) is 2.58. The number of rotatable bonds is 3. The third kappa shape index (κ3) is 1.95. The number of halogens is 2. The van der Waals surface area contributed by atoms with Crippen molar-refractivity contribution in [1.82, 2.24) is 4.98 Å². The normalized spacial score (nSPS) is 10.4. The molecule has 0 bridgehead atoms. The third-order valence-electron chi connectivity index (χ3n) is 1.72. The second kappa shape index (κ2) is 4.07. The molecule has 2 N–H and O–H groups in total. The van der Waals surface area contributed by atoms with Gasteiger partial charge in [-0.25, -0.2) is 13.6 Å². The fourth-order valence-electron chi connectivity index (χ4n) is 1.05. The molecule has 0 unspecified atom stereocenters. The minimum atomic E-state index is -2.93. The number of ether oxygens (including phenoxy) is 1. The van der Waals surface area contributed by atoms with Gasteiger partial charge in [0.25, 0.3) is 6.43 Å². The fourth-order valence-corrected chi connectivity index (χ4v) is 1.05. The van der Waals surface area contributed by atoms with E-state index in [0.29, 0.717) is 6.20 Å². The number of H-pyrrole nitrogens is 1. The van der Waals surface area contributed by atoms with E-state index >= 15 is 0 Å². The lowest BCUT2D eigenvalue weighted by Crippen LogP contribution is -2.19. The zero-order valence-corrected chi connectivity index (χ0v) is 7.58. The van der Waals surface area contributed by atoms with Gasteiger partial charge in [-0.15, -0.1) is 0 Å². The van der Waals surface area contributed by atoms with Gasteiger partial charge in [0.1, 0.15) is 11.3 Å². The van der Waals surface area contributed by atoms with E-state index in [1.807, 2.05) is 4.98 Å². The zero-order chi connectivity index (χ0) is 11.6. The standard InChI is InChI=1S/C8H7F2NO4/c1-15-6-4(7(9)10)11-2-3(5(6)12)8(13)14/h2,7H,1H3,(H,11,12)(H,13,14). The number of hydrogen-bond donors (Lipinski definition) is 2. The van der Waals surface area contributed by atoms with Crippen molar-refractivity contribution in [3.63, 3.8) is 0 Å². The second-order valence-electron chi connectivity index (χ2n) is 2.58. The Morgan fingerprint density at radius 1 is 1.60 bits per heavy atom. The molecule has 15 heavy (non-hydrogen) atoms. The summed E-state index contributed by atoms with van der Waals surface area (Å²) < 4.78 is 29.1. The van der Waals surface area contributed by atoms with Crippen molar-refractivity contribution in [3.05, 3.63) is 27.7 Å². The average molecular weight is 219 g/mol. The highest BCUT2D eigenvalue weighted by Crippen LogP contribution is 2.23. The van der Waals surface area contributed by atoms with Crippen LogP contribution in [0.5, 0.6) is 5.75 Å². The van der Waals surface area contributed by atoms with E-state index in [1.165, 1.54) is 0 Å². The number of nitrogens with one attached hydrogen (secondary N) is 1. The summed E-state index contributed by atoms with van der Waals surface area (Å²) in [4.78, 5) is 23.8. The minimum Gasteiger partial charge on any atom is -0.491 e. The molecule has 0 radical (unpaired) electrons. The molecular weight excluding hydrogens is 212 g/mol. The number of aromatic carboxylic acids is 1. The van der Waals surface area contributed by atoms with E-state index < -0.39 is 34.8 Å². The Hall–Kier alpha value is -1.92. The van der Waals surface area contributed by atoms with Gasteiger partial charge in [0.2, 0.25) is 5.43 Å². The first kappa shape index (κ1) is 11.2. The SMILES string of the molecule is COc1c(C(F)F)[nH]cc(C(=O)O)c1=O. The molecule has 0 saturated carbocycles. The number of hydrogen-bond acceptors (Lipinski definition) is 3. The van der Waals surface area contributed by atoms with Gasteiger partial charge in [-0.3, -0.25) is 4.79 Å². The maximum absolute atomic E-state index is 12.3. The molecule has 0 aliphatic heterocycles. The Kier molecular flexibility index (Phi) is 3.03. The molecule has 7 heteroatoms. The Morgan fingerprint density at radius 2 is 2.20 bits per heavy atom. The number of methoxy groups -OCH3 is 1. The molecule has 0 aromatic carbocycles. The topological polar surface area (TPSA) is 79.4 Å². The van der Waals surface area contributed by atoms with Gasteiger partial charge >= 0.3 is 5.97 Å². The maximum atomic E-state index is 12.3. The van der Waals surface area contributed by atoms with Crippen LogP contribution in [0, 0.1) is 0 Å². The monoisotopic (exact) mass is 219 g/mol. The lowest BCUT2D eigenvalue weighted by atomic mass is 10.2. The fraction of sp³-hybridized carbons (Fsp3) is 0.250. The van der Waals surface area contributed by atoms with Crippen molar-refractivity contribution < 1.29 is 23.4 Å². The van der Waals surface area contributed by atoms with Crippen molar-refractivity contribution in [2.24, 2.45) is 0 Å². The first-order valence-electron chi connectivity index (χ1n) is 3.80. The van der Waals surface area contributed by atoms with Crippen LogP contribution in [0.25, 0.3) is 0 Å². The number of aromatic amines is 1. The van der Waals surface area contributed by atoms with Crippen LogP contribution in [0.3, 0.4) is 0 Å². The van der Waals surface area contributed by atoms with Gasteiger partial charge in [0.15, 0.2) is 5.75 Å². The summed E-state index contributed by atoms with van der Waals surface area (Å²) in [5, 5.41) is 8.55. The van der Waals surface area contributed by atoms with Gasteiger partial charge < -0.3 is 14.8 Å². The number of aromatic nitrogens is 1. The van der Waals surface area contributed by atoms with Gasteiger partial charge in [-0.1, -0.05) is 0 Å². The summed E-state index contributed by atoms with van der Waals surface area (Å²) in [7, 11) is 1.02. The zero-order valence-electron chi connectivity index (χ0n) is 7.58. The van der Waals surface area contributed by atoms with Gasteiger partial charge in [0, 0.05) is 6.20 Å². The first-order valence-corrected chi connectivity index (χ1v) is 3.80. The molecule has 1 aromatic rings. The van der Waals surface area contributed by atoms with Crippen molar-refractivity contribution >= 4 is 5.97 Å².